The zero-order valence-electron chi connectivity index (χ0n) is 9.65. The highest BCUT2D eigenvalue weighted by Gasteiger charge is 2.16. The Morgan fingerprint density at radius 1 is 1.07 bits per heavy atom. The van der Waals surface area contributed by atoms with Gasteiger partial charge in [-0.15, -0.1) is 0 Å². The Morgan fingerprint density at radius 2 is 1.53 bits per heavy atom. The van der Waals surface area contributed by atoms with Gasteiger partial charge in [-0.1, -0.05) is 24.3 Å². The highest BCUT2D eigenvalue weighted by Crippen LogP contribution is 2.23. The quantitative estimate of drug-likeness (QED) is 0.774. The number of hydrogen-bond acceptors (Lipinski definition) is 3. The lowest BCUT2D eigenvalue weighted by molar-refractivity contribution is -0.106. The molecule has 1 rings (SSSR count). The molecule has 0 aliphatic rings. The third kappa shape index (κ3) is 3.02. The number of benzene rings is 1. The molecule has 3 nitrogen and oxygen atoms in total. The Morgan fingerprint density at radius 3 is 1.87 bits per heavy atom. The lowest BCUT2D eigenvalue weighted by atomic mass is 9.97. The molecule has 0 aliphatic carbocycles. The molecule has 3 heteroatoms. The Balaban J connectivity index is 2.89. The van der Waals surface area contributed by atoms with Crippen LogP contribution >= 0.6 is 0 Å². The third-order valence-electron chi connectivity index (χ3n) is 2.32. The van der Waals surface area contributed by atoms with Crippen molar-refractivity contribution >= 4 is 0 Å². The van der Waals surface area contributed by atoms with Gasteiger partial charge in [-0.25, -0.2) is 0 Å². The molecule has 0 radical (unpaired) electrons. The van der Waals surface area contributed by atoms with E-state index in [1.165, 1.54) is 0 Å². The lowest BCUT2D eigenvalue weighted by Crippen LogP contribution is -2.15. The molecule has 0 aliphatic heterocycles. The van der Waals surface area contributed by atoms with E-state index in [-0.39, 0.29) is 6.29 Å². The Kier molecular flexibility index (Phi) is 3.85. The zero-order chi connectivity index (χ0) is 11.5. The molecule has 0 heterocycles. The molecule has 1 N–H and O–H groups in total. The van der Waals surface area contributed by atoms with Crippen molar-refractivity contribution < 1.29 is 14.6 Å². The van der Waals surface area contributed by atoms with Gasteiger partial charge < -0.3 is 14.6 Å². The van der Waals surface area contributed by atoms with Crippen LogP contribution in [0.2, 0.25) is 0 Å². The fourth-order valence-corrected chi connectivity index (χ4v) is 1.42. The molecule has 1 aromatic carbocycles. The van der Waals surface area contributed by atoms with Gasteiger partial charge in [-0.05, 0) is 19.4 Å². The van der Waals surface area contributed by atoms with Crippen molar-refractivity contribution in [3.8, 4) is 0 Å². The second-order valence-corrected chi connectivity index (χ2v) is 3.98. The number of methoxy groups -OCH3 is 2. The summed E-state index contributed by atoms with van der Waals surface area (Å²) in [5.74, 6) is 0. The van der Waals surface area contributed by atoms with Crippen molar-refractivity contribution in [3.63, 3.8) is 0 Å². The minimum absolute atomic E-state index is 0.346. The van der Waals surface area contributed by atoms with E-state index >= 15 is 0 Å². The number of aliphatic hydroxyl groups is 1. The Bertz CT molecular complexity index is 294. The van der Waals surface area contributed by atoms with Crippen LogP contribution in [0.15, 0.2) is 24.3 Å². The third-order valence-corrected chi connectivity index (χ3v) is 2.32. The molecule has 0 aromatic heterocycles. The zero-order valence-corrected chi connectivity index (χ0v) is 9.65. The summed E-state index contributed by atoms with van der Waals surface area (Å²) in [4.78, 5) is 0. The molecule has 0 bridgehead atoms. The van der Waals surface area contributed by atoms with E-state index in [2.05, 4.69) is 0 Å². The summed E-state index contributed by atoms with van der Waals surface area (Å²) in [6, 6.07) is 7.54. The summed E-state index contributed by atoms with van der Waals surface area (Å²) < 4.78 is 10.3. The molecule has 0 fully saturated rings. The molecule has 0 unspecified atom stereocenters. The SMILES string of the molecule is COC(OC)c1ccc(C(C)(C)O)cc1. The van der Waals surface area contributed by atoms with Gasteiger partial charge in [0.25, 0.3) is 0 Å². The standard InChI is InChI=1S/C12H18O3/c1-12(2,13)10-7-5-9(6-8-10)11(14-3)15-4/h5-8,11,13H,1-4H3. The van der Waals surface area contributed by atoms with Crippen molar-refractivity contribution in [1.29, 1.82) is 0 Å². The van der Waals surface area contributed by atoms with Crippen LogP contribution < -0.4 is 0 Å². The highest BCUT2D eigenvalue weighted by molar-refractivity contribution is 5.26. The largest absolute Gasteiger partial charge is 0.386 e. The summed E-state index contributed by atoms with van der Waals surface area (Å²) in [6.45, 7) is 3.51. The monoisotopic (exact) mass is 210 g/mol. The van der Waals surface area contributed by atoms with Gasteiger partial charge in [-0.2, -0.15) is 0 Å². The van der Waals surface area contributed by atoms with Crippen LogP contribution in [0.5, 0.6) is 0 Å². The van der Waals surface area contributed by atoms with Crippen molar-refractivity contribution in [2.45, 2.75) is 25.7 Å². The molecule has 0 saturated heterocycles. The summed E-state index contributed by atoms with van der Waals surface area (Å²) in [5.41, 5.74) is 0.999. The van der Waals surface area contributed by atoms with E-state index in [4.69, 9.17) is 9.47 Å². The summed E-state index contributed by atoms with van der Waals surface area (Å²) in [6.07, 6.45) is -0.346. The average molecular weight is 210 g/mol. The van der Waals surface area contributed by atoms with E-state index in [9.17, 15) is 5.11 Å². The van der Waals surface area contributed by atoms with Crippen molar-refractivity contribution in [3.05, 3.63) is 35.4 Å². The minimum Gasteiger partial charge on any atom is -0.386 e. The summed E-state index contributed by atoms with van der Waals surface area (Å²) in [7, 11) is 3.19. The maximum Gasteiger partial charge on any atom is 0.183 e. The first-order valence-electron chi connectivity index (χ1n) is 4.87. The maximum atomic E-state index is 9.77. The predicted molar refractivity (Wildman–Crippen MR) is 58.4 cm³/mol. The fraction of sp³-hybridized carbons (Fsp3) is 0.500. The molecule has 84 valence electrons. The van der Waals surface area contributed by atoms with E-state index in [1.807, 2.05) is 24.3 Å². The second kappa shape index (κ2) is 4.75. The van der Waals surface area contributed by atoms with E-state index < -0.39 is 5.60 Å². The molecule has 1 aromatic rings. The van der Waals surface area contributed by atoms with E-state index in [1.54, 1.807) is 28.1 Å². The van der Waals surface area contributed by atoms with Gasteiger partial charge in [0.15, 0.2) is 6.29 Å². The lowest BCUT2D eigenvalue weighted by Gasteiger charge is -2.19. The van der Waals surface area contributed by atoms with Gasteiger partial charge in [0, 0.05) is 19.8 Å². The highest BCUT2D eigenvalue weighted by atomic mass is 16.7. The first-order valence-corrected chi connectivity index (χ1v) is 4.87. The van der Waals surface area contributed by atoms with Gasteiger partial charge in [0.2, 0.25) is 0 Å². The number of hydrogen-bond donors (Lipinski definition) is 1. The van der Waals surface area contributed by atoms with Crippen LogP contribution in [0.4, 0.5) is 0 Å². The summed E-state index contributed by atoms with van der Waals surface area (Å²) in [5, 5.41) is 9.77. The first-order chi connectivity index (χ1) is 6.99. The van der Waals surface area contributed by atoms with Gasteiger partial charge in [0.05, 0.1) is 5.60 Å². The predicted octanol–water partition coefficient (Wildman–Crippen LogP) is 2.21. The molecule has 0 spiro atoms. The van der Waals surface area contributed by atoms with Crippen LogP contribution in [-0.4, -0.2) is 19.3 Å². The van der Waals surface area contributed by atoms with E-state index in [0.717, 1.165) is 11.1 Å². The Hall–Kier alpha value is -0.900. The van der Waals surface area contributed by atoms with Gasteiger partial charge in [-0.3, -0.25) is 0 Å². The smallest absolute Gasteiger partial charge is 0.183 e. The maximum absolute atomic E-state index is 9.77. The molecule has 15 heavy (non-hydrogen) atoms. The van der Waals surface area contributed by atoms with Crippen LogP contribution in [0, 0.1) is 0 Å². The van der Waals surface area contributed by atoms with Crippen LogP contribution in [-0.2, 0) is 15.1 Å². The van der Waals surface area contributed by atoms with Crippen LogP contribution in [0.3, 0.4) is 0 Å². The molecular formula is C12H18O3. The fourth-order valence-electron chi connectivity index (χ4n) is 1.42. The first kappa shape index (κ1) is 12.2. The molecule has 0 saturated carbocycles. The van der Waals surface area contributed by atoms with Gasteiger partial charge in [0.1, 0.15) is 0 Å². The van der Waals surface area contributed by atoms with Crippen LogP contribution in [0.1, 0.15) is 31.3 Å². The van der Waals surface area contributed by atoms with Crippen molar-refractivity contribution in [2.75, 3.05) is 14.2 Å². The normalized spacial score (nSPS) is 12.1. The van der Waals surface area contributed by atoms with Crippen molar-refractivity contribution in [1.82, 2.24) is 0 Å². The Labute approximate surface area is 90.6 Å². The van der Waals surface area contributed by atoms with Crippen molar-refractivity contribution in [2.24, 2.45) is 0 Å². The number of ether oxygens (including phenoxy) is 2. The average Bonchev–Trinajstić information content (AvgIpc) is 2.19. The van der Waals surface area contributed by atoms with E-state index in [0.29, 0.717) is 0 Å². The van der Waals surface area contributed by atoms with Gasteiger partial charge >= 0.3 is 0 Å². The summed E-state index contributed by atoms with van der Waals surface area (Å²) >= 11 is 0. The molecular weight excluding hydrogens is 192 g/mol. The topological polar surface area (TPSA) is 38.7 Å². The van der Waals surface area contributed by atoms with Crippen LogP contribution in [0.25, 0.3) is 0 Å². The minimum atomic E-state index is -0.811. The molecule has 0 amide bonds. The molecule has 0 atom stereocenters. The second-order valence-electron chi connectivity index (χ2n) is 3.98. The number of rotatable bonds is 4.